The van der Waals surface area contributed by atoms with Gasteiger partial charge in [-0.25, -0.2) is 0 Å². The van der Waals surface area contributed by atoms with Crippen molar-refractivity contribution in [3.05, 3.63) is 35.7 Å². The Hall–Kier alpha value is -2.49. The number of amides is 1. The number of rotatable bonds is 5. The topological polar surface area (TPSA) is 75.9 Å². The lowest BCUT2D eigenvalue weighted by Gasteiger charge is -2.32. The third-order valence-electron chi connectivity index (χ3n) is 4.53. The second-order valence-electron chi connectivity index (χ2n) is 6.55. The van der Waals surface area contributed by atoms with E-state index < -0.39 is 11.7 Å². The fraction of sp³-hybridized carbons (Fsp3) is 0.529. The number of carbonyl (C=O) groups is 1. The second-order valence-corrected chi connectivity index (χ2v) is 6.55. The highest BCUT2D eigenvalue weighted by Crippen LogP contribution is 2.29. The van der Waals surface area contributed by atoms with Gasteiger partial charge in [0.15, 0.2) is 5.82 Å². The summed E-state index contributed by atoms with van der Waals surface area (Å²) in [7, 11) is 0. The van der Waals surface area contributed by atoms with E-state index >= 15 is 0 Å². The average molecular weight is 382 g/mol. The van der Waals surface area contributed by atoms with Gasteiger partial charge in [-0.2, -0.15) is 17.9 Å². The minimum absolute atomic E-state index is 0.0245. The van der Waals surface area contributed by atoms with Crippen LogP contribution in [0.1, 0.15) is 37.6 Å². The van der Waals surface area contributed by atoms with E-state index in [4.69, 9.17) is 0 Å². The van der Waals surface area contributed by atoms with Gasteiger partial charge in [0.2, 0.25) is 5.91 Å². The Morgan fingerprint density at radius 3 is 2.70 bits per heavy atom. The highest BCUT2D eigenvalue weighted by Gasteiger charge is 2.30. The molecular formula is C17H21F3N6O. The summed E-state index contributed by atoms with van der Waals surface area (Å²) in [4.78, 5) is 13.7. The molecule has 1 aliphatic heterocycles. The standard InChI is InChI=1S/C17H21F3N6O/c1-2-16(27)21-13-4-3-9-25(10-13)11-15-22-23-24-26(15)14-7-5-12(6-8-14)17(18,19)20/h5-8,13H,2-4,9-11H2,1H3,(H,21,27). The fourth-order valence-electron chi connectivity index (χ4n) is 3.14. The maximum Gasteiger partial charge on any atom is 0.416 e. The number of halogens is 3. The van der Waals surface area contributed by atoms with Gasteiger partial charge in [0.1, 0.15) is 0 Å². The van der Waals surface area contributed by atoms with Crippen LogP contribution < -0.4 is 5.32 Å². The van der Waals surface area contributed by atoms with Gasteiger partial charge in [-0.1, -0.05) is 6.92 Å². The molecule has 7 nitrogen and oxygen atoms in total. The summed E-state index contributed by atoms with van der Waals surface area (Å²) in [6, 6.07) is 4.81. The average Bonchev–Trinajstić information content (AvgIpc) is 3.09. The van der Waals surface area contributed by atoms with Crippen LogP contribution in [0.5, 0.6) is 0 Å². The number of alkyl halides is 3. The molecule has 10 heteroatoms. The third-order valence-corrected chi connectivity index (χ3v) is 4.53. The summed E-state index contributed by atoms with van der Waals surface area (Å²) in [5.74, 6) is 0.564. The molecule has 2 heterocycles. The summed E-state index contributed by atoms with van der Waals surface area (Å²) in [5.41, 5.74) is -0.248. The quantitative estimate of drug-likeness (QED) is 0.858. The molecule has 1 N–H and O–H groups in total. The Morgan fingerprint density at radius 1 is 1.30 bits per heavy atom. The van der Waals surface area contributed by atoms with Gasteiger partial charge >= 0.3 is 6.18 Å². The largest absolute Gasteiger partial charge is 0.416 e. The number of benzene rings is 1. The Labute approximate surface area is 154 Å². The molecule has 1 unspecified atom stereocenters. The summed E-state index contributed by atoms with van der Waals surface area (Å²) in [5, 5.41) is 14.6. The number of tetrazole rings is 1. The second kappa shape index (κ2) is 8.03. The molecule has 3 rings (SSSR count). The Bertz CT molecular complexity index is 774. The Balaban J connectivity index is 1.69. The number of hydrogen-bond donors (Lipinski definition) is 1. The van der Waals surface area contributed by atoms with Gasteiger partial charge in [-0.3, -0.25) is 9.69 Å². The zero-order valence-electron chi connectivity index (χ0n) is 14.9. The normalized spacial score (nSPS) is 18.4. The van der Waals surface area contributed by atoms with Crippen LogP contribution in [0.25, 0.3) is 5.69 Å². The smallest absolute Gasteiger partial charge is 0.352 e. The van der Waals surface area contributed by atoms with Gasteiger partial charge in [0.05, 0.1) is 17.8 Å². The predicted molar refractivity (Wildman–Crippen MR) is 90.9 cm³/mol. The number of nitrogens with one attached hydrogen (secondary N) is 1. The SMILES string of the molecule is CCC(=O)NC1CCCN(Cc2nnnn2-c2ccc(C(F)(F)F)cc2)C1. The summed E-state index contributed by atoms with van der Waals surface area (Å²) >= 11 is 0. The first kappa shape index (κ1) is 19.3. The molecule has 0 saturated carbocycles. The van der Waals surface area contributed by atoms with Gasteiger partial charge in [0, 0.05) is 19.0 Å². The first-order valence-electron chi connectivity index (χ1n) is 8.83. The van der Waals surface area contributed by atoms with Crippen LogP contribution in [0.15, 0.2) is 24.3 Å². The maximum atomic E-state index is 12.7. The number of aromatic nitrogens is 4. The fourth-order valence-corrected chi connectivity index (χ4v) is 3.14. The van der Waals surface area contributed by atoms with E-state index in [9.17, 15) is 18.0 Å². The highest BCUT2D eigenvalue weighted by atomic mass is 19.4. The maximum absolute atomic E-state index is 12.7. The van der Waals surface area contributed by atoms with Crippen molar-refractivity contribution < 1.29 is 18.0 Å². The van der Waals surface area contributed by atoms with Crippen LogP contribution in [0, 0.1) is 0 Å². The molecule has 1 saturated heterocycles. The summed E-state index contributed by atoms with van der Waals surface area (Å²) in [6.45, 7) is 3.80. The molecule has 1 aliphatic rings. The van der Waals surface area contributed by atoms with E-state index in [1.807, 2.05) is 6.92 Å². The number of nitrogens with zero attached hydrogens (tertiary/aromatic N) is 5. The first-order valence-corrected chi connectivity index (χ1v) is 8.83. The lowest BCUT2D eigenvalue weighted by Crippen LogP contribution is -2.47. The monoisotopic (exact) mass is 382 g/mol. The van der Waals surface area contributed by atoms with E-state index in [1.165, 1.54) is 16.8 Å². The molecule has 0 bridgehead atoms. The summed E-state index contributed by atoms with van der Waals surface area (Å²) in [6.07, 6.45) is -2.07. The van der Waals surface area contributed by atoms with E-state index in [-0.39, 0.29) is 11.9 Å². The van der Waals surface area contributed by atoms with E-state index in [2.05, 4.69) is 25.7 Å². The van der Waals surface area contributed by atoms with Crippen molar-refractivity contribution >= 4 is 5.91 Å². The summed E-state index contributed by atoms with van der Waals surface area (Å²) < 4.78 is 39.6. The minimum Gasteiger partial charge on any atom is -0.352 e. The molecule has 146 valence electrons. The molecule has 1 aromatic carbocycles. The van der Waals surface area contributed by atoms with Crippen molar-refractivity contribution in [1.82, 2.24) is 30.4 Å². The molecule has 1 fully saturated rings. The van der Waals surface area contributed by atoms with Crippen LogP contribution in [-0.2, 0) is 17.5 Å². The number of carbonyl (C=O) groups excluding carboxylic acids is 1. The van der Waals surface area contributed by atoms with Crippen molar-refractivity contribution in [2.75, 3.05) is 13.1 Å². The molecule has 1 amide bonds. The number of likely N-dealkylation sites (tertiary alicyclic amines) is 1. The van der Waals surface area contributed by atoms with E-state index in [0.29, 0.717) is 31.0 Å². The van der Waals surface area contributed by atoms with Crippen LogP contribution in [-0.4, -0.2) is 50.1 Å². The van der Waals surface area contributed by atoms with Gasteiger partial charge < -0.3 is 5.32 Å². The molecule has 27 heavy (non-hydrogen) atoms. The van der Waals surface area contributed by atoms with Gasteiger partial charge in [0.25, 0.3) is 0 Å². The van der Waals surface area contributed by atoms with Crippen molar-refractivity contribution in [2.45, 2.75) is 44.9 Å². The molecule has 2 aromatic rings. The van der Waals surface area contributed by atoms with Crippen LogP contribution in [0.3, 0.4) is 0 Å². The number of piperidine rings is 1. The third kappa shape index (κ3) is 4.82. The van der Waals surface area contributed by atoms with Crippen molar-refractivity contribution in [1.29, 1.82) is 0 Å². The first-order chi connectivity index (χ1) is 12.9. The van der Waals surface area contributed by atoms with Crippen molar-refractivity contribution in [3.8, 4) is 5.69 Å². The Kier molecular flexibility index (Phi) is 5.73. The van der Waals surface area contributed by atoms with Crippen molar-refractivity contribution in [2.24, 2.45) is 0 Å². The van der Waals surface area contributed by atoms with Crippen LogP contribution >= 0.6 is 0 Å². The predicted octanol–water partition coefficient (Wildman–Crippen LogP) is 2.17. The van der Waals surface area contributed by atoms with Crippen molar-refractivity contribution in [3.63, 3.8) is 0 Å². The minimum atomic E-state index is -4.38. The molecular weight excluding hydrogens is 361 g/mol. The molecule has 0 aliphatic carbocycles. The van der Waals surface area contributed by atoms with Gasteiger partial charge in [-0.15, -0.1) is 5.10 Å². The molecule has 1 atom stereocenters. The Morgan fingerprint density at radius 2 is 2.04 bits per heavy atom. The molecule has 1 aromatic heterocycles. The van der Waals surface area contributed by atoms with Crippen LogP contribution in [0.4, 0.5) is 13.2 Å². The van der Waals surface area contributed by atoms with Gasteiger partial charge in [-0.05, 0) is 54.1 Å². The van der Waals surface area contributed by atoms with Crippen LogP contribution in [0.2, 0.25) is 0 Å². The lowest BCUT2D eigenvalue weighted by molar-refractivity contribution is -0.137. The van der Waals surface area contributed by atoms with E-state index in [0.717, 1.165) is 31.5 Å². The lowest BCUT2D eigenvalue weighted by atomic mass is 10.1. The highest BCUT2D eigenvalue weighted by molar-refractivity contribution is 5.75. The molecule has 0 radical (unpaired) electrons. The number of hydrogen-bond acceptors (Lipinski definition) is 5. The zero-order chi connectivity index (χ0) is 19.4. The molecule has 0 spiro atoms. The van der Waals surface area contributed by atoms with E-state index in [1.54, 1.807) is 0 Å². The zero-order valence-corrected chi connectivity index (χ0v) is 14.9.